The number of halogens is 3. The van der Waals surface area contributed by atoms with E-state index in [2.05, 4.69) is 4.90 Å². The molecule has 2 aromatic rings. The molecule has 1 aliphatic heterocycles. The zero-order valence-electron chi connectivity index (χ0n) is 17.6. The predicted molar refractivity (Wildman–Crippen MR) is 116 cm³/mol. The maximum Gasteiger partial charge on any atom is 0.256 e. The molecule has 1 heterocycles. The average molecular weight is 449 g/mol. The molecule has 0 N–H and O–H groups in total. The van der Waals surface area contributed by atoms with Gasteiger partial charge in [-0.05, 0) is 74.5 Å². The molecule has 1 amide bonds. The van der Waals surface area contributed by atoms with E-state index in [1.807, 2.05) is 18.2 Å². The number of amides is 1. The number of benzene rings is 2. The maximum absolute atomic E-state index is 13.9. The van der Waals surface area contributed by atoms with Crippen LogP contribution in [0.15, 0.2) is 36.4 Å². The number of ether oxygens (including phenoxy) is 1. The fourth-order valence-corrected chi connectivity index (χ4v) is 4.60. The third-order valence-corrected chi connectivity index (χ3v) is 6.52. The van der Waals surface area contributed by atoms with E-state index in [-0.39, 0.29) is 17.6 Å². The molecule has 1 aliphatic carbocycles. The molecule has 4 rings (SSSR count). The SMILES string of the molecule is CN(CC1CC(Oc2ccc(CN3CCCC3)c(Cl)c2)C1)C(=O)c1cccc(F)c1F. The Balaban J connectivity index is 1.25. The Kier molecular flexibility index (Phi) is 6.77. The van der Waals surface area contributed by atoms with Crippen molar-refractivity contribution in [2.45, 2.75) is 38.3 Å². The van der Waals surface area contributed by atoms with Crippen LogP contribution < -0.4 is 4.74 Å². The molecular weight excluding hydrogens is 422 g/mol. The summed E-state index contributed by atoms with van der Waals surface area (Å²) in [6.45, 7) is 3.60. The summed E-state index contributed by atoms with van der Waals surface area (Å²) >= 11 is 6.46. The highest BCUT2D eigenvalue weighted by Crippen LogP contribution is 2.34. The average Bonchev–Trinajstić information content (AvgIpc) is 3.23. The molecule has 0 radical (unpaired) electrons. The highest BCUT2D eigenvalue weighted by molar-refractivity contribution is 6.31. The van der Waals surface area contributed by atoms with Gasteiger partial charge in [-0.1, -0.05) is 23.7 Å². The van der Waals surface area contributed by atoms with Crippen molar-refractivity contribution < 1.29 is 18.3 Å². The lowest BCUT2D eigenvalue weighted by atomic mass is 9.82. The highest BCUT2D eigenvalue weighted by atomic mass is 35.5. The molecule has 2 aromatic carbocycles. The topological polar surface area (TPSA) is 32.8 Å². The van der Waals surface area contributed by atoms with Crippen molar-refractivity contribution in [3.8, 4) is 5.75 Å². The van der Waals surface area contributed by atoms with Crippen molar-refractivity contribution in [2.75, 3.05) is 26.7 Å². The summed E-state index contributed by atoms with van der Waals surface area (Å²) < 4.78 is 33.3. The molecule has 2 aliphatic rings. The largest absolute Gasteiger partial charge is 0.490 e. The number of hydrogen-bond donors (Lipinski definition) is 0. The Morgan fingerprint density at radius 2 is 1.94 bits per heavy atom. The molecule has 0 unspecified atom stereocenters. The normalized spacial score (nSPS) is 21.0. The highest BCUT2D eigenvalue weighted by Gasteiger charge is 2.33. The first-order valence-corrected chi connectivity index (χ1v) is 11.2. The molecule has 31 heavy (non-hydrogen) atoms. The summed E-state index contributed by atoms with van der Waals surface area (Å²) in [5, 5.41) is 0.725. The van der Waals surface area contributed by atoms with Crippen molar-refractivity contribution in [1.29, 1.82) is 0 Å². The first-order chi connectivity index (χ1) is 14.9. The quantitative estimate of drug-likeness (QED) is 0.587. The van der Waals surface area contributed by atoms with Gasteiger partial charge in [0.2, 0.25) is 0 Å². The Hall–Kier alpha value is -2.18. The molecule has 1 saturated heterocycles. The summed E-state index contributed by atoms with van der Waals surface area (Å²) in [5.74, 6) is -1.60. The fraction of sp³-hybridized carbons (Fsp3) is 0.458. The lowest BCUT2D eigenvalue weighted by molar-refractivity contribution is 0.0417. The minimum absolute atomic E-state index is 0.0694. The number of rotatable bonds is 7. The molecule has 166 valence electrons. The van der Waals surface area contributed by atoms with Gasteiger partial charge in [0.1, 0.15) is 5.75 Å². The van der Waals surface area contributed by atoms with Crippen LogP contribution in [0.25, 0.3) is 0 Å². The van der Waals surface area contributed by atoms with Crippen LogP contribution in [-0.4, -0.2) is 48.5 Å². The number of carbonyl (C=O) groups excluding carboxylic acids is 1. The van der Waals surface area contributed by atoms with E-state index in [9.17, 15) is 13.6 Å². The second-order valence-corrected chi connectivity index (χ2v) is 9.01. The third kappa shape index (κ3) is 5.18. The summed E-state index contributed by atoms with van der Waals surface area (Å²) in [7, 11) is 1.61. The molecule has 4 nitrogen and oxygen atoms in total. The number of nitrogens with zero attached hydrogens (tertiary/aromatic N) is 2. The second-order valence-electron chi connectivity index (χ2n) is 8.60. The van der Waals surface area contributed by atoms with Crippen molar-refractivity contribution in [1.82, 2.24) is 9.80 Å². The van der Waals surface area contributed by atoms with Crippen molar-refractivity contribution in [3.63, 3.8) is 0 Å². The molecule has 7 heteroatoms. The van der Waals surface area contributed by atoms with Crippen LogP contribution in [0.2, 0.25) is 5.02 Å². The van der Waals surface area contributed by atoms with E-state index in [4.69, 9.17) is 16.3 Å². The van der Waals surface area contributed by atoms with Crippen LogP contribution in [0.5, 0.6) is 5.75 Å². The molecule has 0 bridgehead atoms. The molecule has 0 aromatic heterocycles. The maximum atomic E-state index is 13.9. The fourth-order valence-electron chi connectivity index (χ4n) is 4.37. The third-order valence-electron chi connectivity index (χ3n) is 6.17. The number of hydrogen-bond acceptors (Lipinski definition) is 3. The lowest BCUT2D eigenvalue weighted by Gasteiger charge is -2.37. The monoisotopic (exact) mass is 448 g/mol. The van der Waals surface area contributed by atoms with Crippen LogP contribution in [0.3, 0.4) is 0 Å². The van der Waals surface area contributed by atoms with Crippen LogP contribution in [0.4, 0.5) is 8.78 Å². The van der Waals surface area contributed by atoms with Gasteiger partial charge in [-0.25, -0.2) is 8.78 Å². The zero-order chi connectivity index (χ0) is 22.0. The Morgan fingerprint density at radius 1 is 1.19 bits per heavy atom. The van der Waals surface area contributed by atoms with E-state index >= 15 is 0 Å². The van der Waals surface area contributed by atoms with Gasteiger partial charge in [0.15, 0.2) is 11.6 Å². The molecule has 2 fully saturated rings. The number of carbonyl (C=O) groups is 1. The second kappa shape index (κ2) is 9.53. The van der Waals surface area contributed by atoms with Gasteiger partial charge in [-0.3, -0.25) is 9.69 Å². The van der Waals surface area contributed by atoms with Crippen molar-refractivity contribution in [3.05, 3.63) is 64.2 Å². The first kappa shape index (κ1) is 22.0. The summed E-state index contributed by atoms with van der Waals surface area (Å²) in [6, 6.07) is 9.53. The smallest absolute Gasteiger partial charge is 0.256 e. The van der Waals surface area contributed by atoms with E-state index in [0.717, 1.165) is 54.9 Å². The van der Waals surface area contributed by atoms with E-state index < -0.39 is 17.5 Å². The zero-order valence-corrected chi connectivity index (χ0v) is 18.4. The van der Waals surface area contributed by atoms with Gasteiger partial charge < -0.3 is 9.64 Å². The van der Waals surface area contributed by atoms with Gasteiger partial charge in [-0.15, -0.1) is 0 Å². The van der Waals surface area contributed by atoms with Gasteiger partial charge in [-0.2, -0.15) is 0 Å². The Labute approximate surface area is 186 Å². The minimum atomic E-state index is -1.10. The molecule has 0 atom stereocenters. The number of likely N-dealkylation sites (tertiary alicyclic amines) is 1. The Bertz CT molecular complexity index is 943. The van der Waals surface area contributed by atoms with Gasteiger partial charge in [0.05, 0.1) is 11.7 Å². The van der Waals surface area contributed by atoms with Gasteiger partial charge >= 0.3 is 0 Å². The minimum Gasteiger partial charge on any atom is -0.490 e. The summed E-state index contributed by atoms with van der Waals surface area (Å²) in [4.78, 5) is 16.3. The van der Waals surface area contributed by atoms with Crippen molar-refractivity contribution in [2.24, 2.45) is 5.92 Å². The summed E-state index contributed by atoms with van der Waals surface area (Å²) in [5.41, 5.74) is 0.880. The molecular formula is C24H27ClF2N2O2. The van der Waals surface area contributed by atoms with Gasteiger partial charge in [0.25, 0.3) is 5.91 Å². The van der Waals surface area contributed by atoms with Crippen LogP contribution in [0, 0.1) is 17.6 Å². The van der Waals surface area contributed by atoms with E-state index in [0.29, 0.717) is 6.54 Å². The van der Waals surface area contributed by atoms with E-state index in [1.54, 1.807) is 7.05 Å². The Morgan fingerprint density at radius 3 is 2.65 bits per heavy atom. The molecule has 0 spiro atoms. The van der Waals surface area contributed by atoms with Crippen molar-refractivity contribution >= 4 is 17.5 Å². The predicted octanol–water partition coefficient (Wildman–Crippen LogP) is 5.14. The van der Waals surface area contributed by atoms with E-state index in [1.165, 1.54) is 29.9 Å². The standard InChI is InChI=1S/C24H27ClF2N2O2/c1-28(24(30)20-5-4-6-22(26)23(20)27)14-16-11-19(12-16)31-18-8-7-17(21(25)13-18)15-29-9-2-3-10-29/h4-8,13,16,19H,2-3,9-12,14-15H2,1H3. The first-order valence-electron chi connectivity index (χ1n) is 10.8. The van der Waals surface area contributed by atoms with Gasteiger partial charge in [0, 0.05) is 25.2 Å². The van der Waals surface area contributed by atoms with Crippen LogP contribution >= 0.6 is 11.6 Å². The van der Waals surface area contributed by atoms with Crippen LogP contribution in [0.1, 0.15) is 41.6 Å². The molecule has 1 saturated carbocycles. The van der Waals surface area contributed by atoms with Crippen LogP contribution in [-0.2, 0) is 6.54 Å². The lowest BCUT2D eigenvalue weighted by Crippen LogP contribution is -2.42. The summed E-state index contributed by atoms with van der Waals surface area (Å²) in [6.07, 6.45) is 4.17.